The van der Waals surface area contributed by atoms with Crippen LogP contribution in [0.3, 0.4) is 0 Å². The molecule has 0 aliphatic carbocycles. The molecular formula is C26H22FNO6. The molecule has 1 N–H and O–H groups in total. The summed E-state index contributed by atoms with van der Waals surface area (Å²) in [4.78, 5) is 27.6. The van der Waals surface area contributed by atoms with E-state index in [1.54, 1.807) is 36.4 Å². The van der Waals surface area contributed by atoms with Gasteiger partial charge in [0.25, 0.3) is 11.7 Å². The number of carbonyl (C=O) groups is 2. The molecule has 1 heterocycles. The maximum absolute atomic E-state index is 13.7. The first-order chi connectivity index (χ1) is 16.4. The van der Waals surface area contributed by atoms with Gasteiger partial charge >= 0.3 is 0 Å². The molecule has 1 saturated heterocycles. The monoisotopic (exact) mass is 463 g/mol. The number of Topliss-reactive ketones (excluding diaryl/α,β-unsaturated/α-hetero) is 1. The summed E-state index contributed by atoms with van der Waals surface area (Å²) in [5.74, 6) is -1.18. The summed E-state index contributed by atoms with van der Waals surface area (Å²) in [7, 11) is 4.44. The highest BCUT2D eigenvalue weighted by Gasteiger charge is 2.47. The van der Waals surface area contributed by atoms with Gasteiger partial charge in [0.2, 0.25) is 0 Å². The molecule has 7 nitrogen and oxygen atoms in total. The van der Waals surface area contributed by atoms with Crippen molar-refractivity contribution in [2.24, 2.45) is 0 Å². The maximum Gasteiger partial charge on any atom is 0.300 e. The molecule has 1 aliphatic heterocycles. The first-order valence-electron chi connectivity index (χ1n) is 10.3. The molecule has 3 aromatic carbocycles. The first kappa shape index (κ1) is 22.8. The third kappa shape index (κ3) is 3.94. The fourth-order valence-electron chi connectivity index (χ4n) is 3.94. The largest absolute Gasteiger partial charge is 0.507 e. The predicted molar refractivity (Wildman–Crippen MR) is 124 cm³/mol. The van der Waals surface area contributed by atoms with Crippen molar-refractivity contribution in [1.29, 1.82) is 0 Å². The van der Waals surface area contributed by atoms with Crippen LogP contribution in [-0.2, 0) is 9.59 Å². The van der Waals surface area contributed by atoms with Crippen LogP contribution in [-0.4, -0.2) is 38.1 Å². The number of halogens is 1. The Morgan fingerprint density at radius 3 is 2.09 bits per heavy atom. The van der Waals surface area contributed by atoms with E-state index < -0.39 is 23.5 Å². The lowest BCUT2D eigenvalue weighted by atomic mass is 9.95. The van der Waals surface area contributed by atoms with Crippen LogP contribution >= 0.6 is 0 Å². The number of carbonyl (C=O) groups excluding carboxylic acids is 2. The van der Waals surface area contributed by atoms with E-state index in [1.807, 2.05) is 0 Å². The molecular weight excluding hydrogens is 441 g/mol. The molecule has 34 heavy (non-hydrogen) atoms. The van der Waals surface area contributed by atoms with E-state index >= 15 is 0 Å². The van der Waals surface area contributed by atoms with Gasteiger partial charge in [-0.25, -0.2) is 4.39 Å². The Balaban J connectivity index is 1.91. The van der Waals surface area contributed by atoms with Gasteiger partial charge in [0.05, 0.1) is 32.9 Å². The number of anilines is 1. The number of hydrogen-bond donors (Lipinski definition) is 1. The van der Waals surface area contributed by atoms with E-state index in [2.05, 4.69) is 0 Å². The summed E-state index contributed by atoms with van der Waals surface area (Å²) < 4.78 is 29.4. The van der Waals surface area contributed by atoms with Crippen LogP contribution < -0.4 is 19.1 Å². The third-order valence-electron chi connectivity index (χ3n) is 5.64. The van der Waals surface area contributed by atoms with E-state index in [9.17, 15) is 19.1 Å². The van der Waals surface area contributed by atoms with Gasteiger partial charge in [0.1, 0.15) is 17.3 Å². The first-order valence-corrected chi connectivity index (χ1v) is 10.3. The fourth-order valence-corrected chi connectivity index (χ4v) is 3.94. The van der Waals surface area contributed by atoms with Crippen molar-refractivity contribution in [3.05, 3.63) is 89.2 Å². The summed E-state index contributed by atoms with van der Waals surface area (Å²) in [6.07, 6.45) is 0. The van der Waals surface area contributed by atoms with Gasteiger partial charge in [-0.05, 0) is 60.2 Å². The lowest BCUT2D eigenvalue weighted by Crippen LogP contribution is -2.29. The number of aliphatic hydroxyl groups is 1. The zero-order chi connectivity index (χ0) is 24.4. The second-order valence-corrected chi connectivity index (χ2v) is 7.49. The molecule has 1 amide bonds. The number of hydrogen-bond acceptors (Lipinski definition) is 6. The number of methoxy groups -OCH3 is 3. The van der Waals surface area contributed by atoms with Crippen molar-refractivity contribution in [3.63, 3.8) is 0 Å². The van der Waals surface area contributed by atoms with E-state index in [1.165, 1.54) is 56.6 Å². The van der Waals surface area contributed by atoms with Crippen LogP contribution in [0.5, 0.6) is 17.2 Å². The standard InChI is InChI=1S/C26H22FNO6/c1-32-19-11-9-18(10-12-19)28-23(15-4-7-17(27)8-5-15)22(25(30)26(28)31)24(29)16-6-13-20(33-2)21(14-16)34-3/h4-14,23,29H,1-3H3/b24-22-. The van der Waals surface area contributed by atoms with Crippen molar-refractivity contribution in [3.8, 4) is 17.2 Å². The SMILES string of the molecule is COc1ccc(N2C(=O)C(=O)/C(=C(\O)c3ccc(OC)c(OC)c3)C2c2ccc(F)cc2)cc1. The van der Waals surface area contributed by atoms with E-state index in [0.717, 1.165) is 0 Å². The number of ether oxygens (including phenoxy) is 3. The van der Waals surface area contributed by atoms with Crippen molar-refractivity contribution >= 4 is 23.1 Å². The van der Waals surface area contributed by atoms with Gasteiger partial charge in [-0.15, -0.1) is 0 Å². The normalized spacial score (nSPS) is 17.1. The maximum atomic E-state index is 13.7. The molecule has 4 rings (SSSR count). The lowest BCUT2D eigenvalue weighted by molar-refractivity contribution is -0.132. The highest BCUT2D eigenvalue weighted by molar-refractivity contribution is 6.51. The number of amides is 1. The molecule has 0 spiro atoms. The summed E-state index contributed by atoms with van der Waals surface area (Å²) in [5.41, 5.74) is 1.01. The molecule has 0 bridgehead atoms. The minimum atomic E-state index is -0.984. The average molecular weight is 463 g/mol. The number of rotatable bonds is 6. The highest BCUT2D eigenvalue weighted by Crippen LogP contribution is 2.43. The lowest BCUT2D eigenvalue weighted by Gasteiger charge is -2.25. The van der Waals surface area contributed by atoms with Crippen LogP contribution in [0.15, 0.2) is 72.3 Å². The molecule has 1 aliphatic rings. The molecule has 1 fully saturated rings. The number of nitrogens with zero attached hydrogens (tertiary/aromatic N) is 1. The van der Waals surface area contributed by atoms with Gasteiger partial charge in [-0.2, -0.15) is 0 Å². The smallest absolute Gasteiger partial charge is 0.300 e. The molecule has 1 atom stereocenters. The molecule has 0 aromatic heterocycles. The molecule has 1 unspecified atom stereocenters. The molecule has 3 aromatic rings. The third-order valence-corrected chi connectivity index (χ3v) is 5.64. The quantitative estimate of drug-likeness (QED) is 0.330. The van der Waals surface area contributed by atoms with Gasteiger partial charge < -0.3 is 19.3 Å². The Morgan fingerprint density at radius 2 is 1.50 bits per heavy atom. The summed E-state index contributed by atoms with van der Waals surface area (Å²) in [5, 5.41) is 11.2. The number of benzene rings is 3. The Labute approximate surface area is 195 Å². The Bertz CT molecular complexity index is 1270. The molecule has 0 saturated carbocycles. The Hall–Kier alpha value is -4.33. The summed E-state index contributed by atoms with van der Waals surface area (Å²) in [6, 6.07) is 15.7. The second-order valence-electron chi connectivity index (χ2n) is 7.49. The van der Waals surface area contributed by atoms with Gasteiger partial charge in [-0.3, -0.25) is 14.5 Å². The average Bonchev–Trinajstić information content (AvgIpc) is 3.13. The van der Waals surface area contributed by atoms with Crippen molar-refractivity contribution in [2.45, 2.75) is 6.04 Å². The van der Waals surface area contributed by atoms with Gasteiger partial charge in [0.15, 0.2) is 11.5 Å². The molecule has 8 heteroatoms. The fraction of sp³-hybridized carbons (Fsp3) is 0.154. The second kappa shape index (κ2) is 9.27. The van der Waals surface area contributed by atoms with Crippen molar-refractivity contribution < 1.29 is 33.3 Å². The highest BCUT2D eigenvalue weighted by atomic mass is 19.1. The summed E-state index contributed by atoms with van der Waals surface area (Å²) in [6.45, 7) is 0. The van der Waals surface area contributed by atoms with E-state index in [0.29, 0.717) is 28.5 Å². The predicted octanol–water partition coefficient (Wildman–Crippen LogP) is 4.48. The summed E-state index contributed by atoms with van der Waals surface area (Å²) >= 11 is 0. The van der Waals surface area contributed by atoms with Crippen molar-refractivity contribution in [2.75, 3.05) is 26.2 Å². The minimum Gasteiger partial charge on any atom is -0.507 e. The zero-order valence-electron chi connectivity index (χ0n) is 18.7. The van der Waals surface area contributed by atoms with Gasteiger partial charge in [-0.1, -0.05) is 12.1 Å². The van der Waals surface area contributed by atoms with Crippen LogP contribution in [0.4, 0.5) is 10.1 Å². The Morgan fingerprint density at radius 1 is 0.853 bits per heavy atom. The topological polar surface area (TPSA) is 85.3 Å². The minimum absolute atomic E-state index is 0.125. The number of aliphatic hydroxyl groups excluding tert-OH is 1. The van der Waals surface area contributed by atoms with Crippen LogP contribution in [0.1, 0.15) is 17.2 Å². The Kier molecular flexibility index (Phi) is 6.23. The molecule has 0 radical (unpaired) electrons. The van der Waals surface area contributed by atoms with Crippen LogP contribution in [0, 0.1) is 5.82 Å². The van der Waals surface area contributed by atoms with Gasteiger partial charge in [0, 0.05) is 11.3 Å². The molecule has 174 valence electrons. The van der Waals surface area contributed by atoms with E-state index in [-0.39, 0.29) is 16.9 Å². The van der Waals surface area contributed by atoms with E-state index in [4.69, 9.17) is 14.2 Å². The van der Waals surface area contributed by atoms with Crippen LogP contribution in [0.25, 0.3) is 5.76 Å². The zero-order valence-corrected chi connectivity index (χ0v) is 18.7. The number of ketones is 1. The van der Waals surface area contributed by atoms with Crippen LogP contribution in [0.2, 0.25) is 0 Å². The van der Waals surface area contributed by atoms with Crippen molar-refractivity contribution in [1.82, 2.24) is 0 Å².